The molecule has 1 fully saturated rings. The van der Waals surface area contributed by atoms with E-state index in [1.807, 2.05) is 0 Å². The number of carbonyl (C=O) groups is 3. The van der Waals surface area contributed by atoms with Crippen LogP contribution in [0.2, 0.25) is 0 Å². The molecule has 0 spiro atoms. The molecule has 1 atom stereocenters. The Bertz CT molecular complexity index is 696. The average molecular weight is 324 g/mol. The van der Waals surface area contributed by atoms with Crippen molar-refractivity contribution in [2.24, 2.45) is 5.92 Å². The summed E-state index contributed by atoms with van der Waals surface area (Å²) >= 11 is -2.70. The zero-order valence-electron chi connectivity index (χ0n) is 11.1. The Morgan fingerprint density at radius 2 is 1.82 bits per heavy atom. The lowest BCUT2D eigenvalue weighted by molar-refractivity contribution is -0.385. The molecule has 0 N–H and O–H groups in total. The van der Waals surface area contributed by atoms with Gasteiger partial charge in [-0.15, -0.1) is 0 Å². The number of Topliss-reactive ketones (excluding diaryl/α,β-unsaturated/α-hetero) is 3. The summed E-state index contributed by atoms with van der Waals surface area (Å²) in [5.41, 5.74) is -1.18. The van der Waals surface area contributed by atoms with Gasteiger partial charge >= 0.3 is 0 Å². The molecule has 0 heterocycles. The molecule has 0 aromatic heterocycles. The molecule has 1 aliphatic rings. The van der Waals surface area contributed by atoms with Gasteiger partial charge in [0.05, 0.1) is 10.5 Å². The molecule has 0 amide bonds. The first kappa shape index (κ1) is 16.1. The highest BCUT2D eigenvalue weighted by molar-refractivity contribution is 7.79. The molecule has 0 bridgehead atoms. The van der Waals surface area contributed by atoms with Gasteiger partial charge in [0.25, 0.3) is 5.69 Å². The fourth-order valence-electron chi connectivity index (χ4n) is 2.33. The van der Waals surface area contributed by atoms with Crippen molar-refractivity contribution in [3.05, 3.63) is 33.9 Å². The van der Waals surface area contributed by atoms with Crippen molar-refractivity contribution in [1.82, 2.24) is 0 Å². The molecule has 2 rings (SSSR count). The lowest BCUT2D eigenvalue weighted by Gasteiger charge is -2.18. The summed E-state index contributed by atoms with van der Waals surface area (Å²) in [4.78, 5) is 45.6. The van der Waals surface area contributed by atoms with Crippen LogP contribution in [0.4, 0.5) is 5.69 Å². The minimum atomic E-state index is -2.70. The average Bonchev–Trinajstić information content (AvgIpc) is 2.46. The molecule has 116 valence electrons. The van der Waals surface area contributed by atoms with Crippen molar-refractivity contribution in [2.45, 2.75) is 24.2 Å². The normalized spacial score (nSPS) is 17.3. The van der Waals surface area contributed by atoms with E-state index >= 15 is 0 Å². The summed E-state index contributed by atoms with van der Waals surface area (Å²) in [5, 5.41) is 11.0. The zero-order valence-corrected chi connectivity index (χ0v) is 12.0. The number of rotatable bonds is 4. The molecule has 1 saturated carbocycles. The third kappa shape index (κ3) is 3.00. The van der Waals surface area contributed by atoms with E-state index in [4.69, 9.17) is 0 Å². The van der Waals surface area contributed by atoms with Crippen LogP contribution in [0, 0.1) is 16.0 Å². The number of nitrogens with zero attached hydrogens (tertiary/aromatic N) is 1. The third-order valence-electron chi connectivity index (χ3n) is 3.38. The molecular weight excluding hydrogens is 314 g/mol. The highest BCUT2D eigenvalue weighted by atomic mass is 32.2. The van der Waals surface area contributed by atoms with E-state index in [1.54, 1.807) is 0 Å². The highest BCUT2D eigenvalue weighted by Crippen LogP contribution is 2.28. The number of carbonyl (C=O) groups excluding carboxylic acids is 3. The van der Waals surface area contributed by atoms with Gasteiger partial charge in [0, 0.05) is 23.8 Å². The van der Waals surface area contributed by atoms with E-state index in [0.717, 1.165) is 18.2 Å². The number of hydrogen-bond acceptors (Lipinski definition) is 7. The zero-order chi connectivity index (χ0) is 16.4. The van der Waals surface area contributed by atoms with Crippen LogP contribution in [0.5, 0.6) is 0 Å². The number of nitro groups is 1. The summed E-state index contributed by atoms with van der Waals surface area (Å²) in [6.45, 7) is 0. The first-order chi connectivity index (χ1) is 10.3. The van der Waals surface area contributed by atoms with Crippen molar-refractivity contribution in [3.8, 4) is 0 Å². The smallest absolute Gasteiger partial charge is 0.281 e. The molecule has 22 heavy (non-hydrogen) atoms. The van der Waals surface area contributed by atoms with Crippen molar-refractivity contribution in [2.75, 3.05) is 0 Å². The Kier molecular flexibility index (Phi) is 4.57. The van der Waals surface area contributed by atoms with Gasteiger partial charge < -0.3 is 4.55 Å². The predicted octanol–water partition coefficient (Wildman–Crippen LogP) is 0.954. The first-order valence-corrected chi connectivity index (χ1v) is 7.37. The molecule has 8 nitrogen and oxygen atoms in total. The van der Waals surface area contributed by atoms with Crippen molar-refractivity contribution < 1.29 is 28.1 Å². The van der Waals surface area contributed by atoms with Crippen LogP contribution in [-0.4, -0.2) is 31.0 Å². The van der Waals surface area contributed by atoms with Crippen molar-refractivity contribution in [3.63, 3.8) is 0 Å². The number of ketones is 3. The number of nitro benzene ring substituents is 1. The lowest BCUT2D eigenvalue weighted by Crippen LogP contribution is -2.35. The molecule has 9 heteroatoms. The van der Waals surface area contributed by atoms with Gasteiger partial charge in [0.15, 0.2) is 17.3 Å². The first-order valence-electron chi connectivity index (χ1n) is 6.30. The second-order valence-corrected chi connectivity index (χ2v) is 5.70. The van der Waals surface area contributed by atoms with Crippen LogP contribution >= 0.6 is 0 Å². The van der Waals surface area contributed by atoms with Gasteiger partial charge in [-0.1, -0.05) is 0 Å². The van der Waals surface area contributed by atoms with E-state index in [-0.39, 0.29) is 17.7 Å². The largest absolute Gasteiger partial charge is 0.768 e. The predicted molar refractivity (Wildman–Crippen MR) is 72.0 cm³/mol. The standard InChI is InChI=1S/C13H11NO7S/c15-10-2-1-3-11(16)12(10)13(17)8-5-4-7(22(20)21)6-9(8)14(18)19/h4-6,12H,1-3H2,(H,20,21)/p-1. The van der Waals surface area contributed by atoms with E-state index in [1.165, 1.54) is 0 Å². The van der Waals surface area contributed by atoms with Gasteiger partial charge in [-0.2, -0.15) is 0 Å². The Hall–Kier alpha value is -2.26. The SMILES string of the molecule is O=C1CCCC(=O)C1C(=O)c1ccc(S(=O)[O-])cc1[N+](=O)[O-]. The van der Waals surface area contributed by atoms with Gasteiger partial charge in [0.1, 0.15) is 5.92 Å². The van der Waals surface area contributed by atoms with E-state index in [0.29, 0.717) is 6.42 Å². The summed E-state index contributed by atoms with van der Waals surface area (Å²) in [7, 11) is 0. The number of hydrogen-bond donors (Lipinski definition) is 0. The molecule has 0 aliphatic heterocycles. The summed E-state index contributed by atoms with van der Waals surface area (Å²) in [6.07, 6.45) is 0.495. The Balaban J connectivity index is 2.49. The number of benzene rings is 1. The summed E-state index contributed by atoms with van der Waals surface area (Å²) in [5.74, 6) is -3.61. The van der Waals surface area contributed by atoms with Gasteiger partial charge in [-0.25, -0.2) is 0 Å². The maximum atomic E-state index is 12.3. The maximum absolute atomic E-state index is 12.3. The van der Waals surface area contributed by atoms with E-state index in [9.17, 15) is 33.3 Å². The van der Waals surface area contributed by atoms with E-state index < -0.39 is 50.5 Å². The lowest BCUT2D eigenvalue weighted by atomic mass is 9.81. The fraction of sp³-hybridized carbons (Fsp3) is 0.308. The minimum absolute atomic E-state index is 0.0681. The Morgan fingerprint density at radius 1 is 1.23 bits per heavy atom. The molecule has 0 saturated heterocycles. The van der Waals surface area contributed by atoms with Crippen molar-refractivity contribution >= 4 is 34.1 Å². The van der Waals surface area contributed by atoms with Crippen LogP contribution in [0.3, 0.4) is 0 Å². The third-order valence-corrected chi connectivity index (χ3v) is 4.02. The van der Waals surface area contributed by atoms with Gasteiger partial charge in [-0.3, -0.25) is 28.7 Å². The van der Waals surface area contributed by atoms with Crippen LogP contribution in [0.15, 0.2) is 23.1 Å². The van der Waals surface area contributed by atoms with Crippen LogP contribution < -0.4 is 0 Å². The second-order valence-electron chi connectivity index (χ2n) is 4.75. The monoisotopic (exact) mass is 324 g/mol. The molecule has 1 aliphatic carbocycles. The van der Waals surface area contributed by atoms with E-state index in [2.05, 4.69) is 0 Å². The van der Waals surface area contributed by atoms with Gasteiger partial charge in [-0.05, 0) is 29.6 Å². The molecule has 1 unspecified atom stereocenters. The topological polar surface area (TPSA) is 134 Å². The molecule has 1 aromatic rings. The summed E-state index contributed by atoms with van der Waals surface area (Å²) in [6, 6.07) is 2.70. The highest BCUT2D eigenvalue weighted by Gasteiger charge is 2.38. The second kappa shape index (κ2) is 6.24. The fourth-order valence-corrected chi connectivity index (χ4v) is 2.71. The molecular formula is C13H10NO7S-. The van der Waals surface area contributed by atoms with Crippen LogP contribution in [0.25, 0.3) is 0 Å². The quantitative estimate of drug-likeness (QED) is 0.264. The van der Waals surface area contributed by atoms with Crippen LogP contribution in [0.1, 0.15) is 29.6 Å². The molecule has 0 radical (unpaired) electrons. The van der Waals surface area contributed by atoms with Crippen LogP contribution in [-0.2, 0) is 20.7 Å². The Labute approximate surface area is 126 Å². The minimum Gasteiger partial charge on any atom is -0.768 e. The van der Waals surface area contributed by atoms with Crippen molar-refractivity contribution in [1.29, 1.82) is 0 Å². The molecule has 1 aromatic carbocycles. The maximum Gasteiger partial charge on any atom is 0.281 e. The summed E-state index contributed by atoms with van der Waals surface area (Å²) < 4.78 is 21.7. The van der Waals surface area contributed by atoms with Gasteiger partial charge in [0.2, 0.25) is 0 Å². The Morgan fingerprint density at radius 3 is 2.32 bits per heavy atom.